The molecule has 0 radical (unpaired) electrons. The predicted molar refractivity (Wildman–Crippen MR) is 72.3 cm³/mol. The van der Waals surface area contributed by atoms with Crippen LogP contribution in [-0.2, 0) is 0 Å². The number of aromatic carboxylic acids is 1. The van der Waals surface area contributed by atoms with Crippen molar-refractivity contribution >= 4 is 23.2 Å². The van der Waals surface area contributed by atoms with Gasteiger partial charge in [-0.3, -0.25) is 10.1 Å². The third kappa shape index (κ3) is 2.89. The maximum Gasteiger partial charge on any atom is 0.335 e. The van der Waals surface area contributed by atoms with E-state index in [1.165, 1.54) is 31.2 Å². The fraction of sp³-hybridized carbons (Fsp3) is 0.0769. The summed E-state index contributed by atoms with van der Waals surface area (Å²) in [6.45, 7) is 1.54. The van der Waals surface area contributed by atoms with Crippen LogP contribution in [0.4, 0.5) is 17.2 Å². The summed E-state index contributed by atoms with van der Waals surface area (Å²) in [5.41, 5.74) is 0.920. The molecule has 1 aromatic heterocycles. The number of anilines is 2. The normalized spacial score (nSPS) is 10.1. The van der Waals surface area contributed by atoms with Crippen molar-refractivity contribution in [3.8, 4) is 0 Å². The first-order valence-electron chi connectivity index (χ1n) is 5.70. The first-order chi connectivity index (χ1) is 9.47. The van der Waals surface area contributed by atoms with E-state index >= 15 is 0 Å². The van der Waals surface area contributed by atoms with Crippen molar-refractivity contribution in [2.24, 2.45) is 0 Å². The van der Waals surface area contributed by atoms with E-state index in [1.54, 1.807) is 12.1 Å². The highest BCUT2D eigenvalue weighted by atomic mass is 16.6. The number of hydrogen-bond acceptors (Lipinski definition) is 5. The molecule has 7 heteroatoms. The zero-order valence-electron chi connectivity index (χ0n) is 10.5. The molecule has 0 aliphatic rings. The molecule has 7 nitrogen and oxygen atoms in total. The lowest BCUT2D eigenvalue weighted by atomic mass is 10.2. The van der Waals surface area contributed by atoms with E-state index in [1.807, 2.05) is 0 Å². The molecular weight excluding hydrogens is 262 g/mol. The van der Waals surface area contributed by atoms with Gasteiger partial charge >= 0.3 is 5.97 Å². The molecule has 0 spiro atoms. The van der Waals surface area contributed by atoms with E-state index in [0.29, 0.717) is 11.5 Å². The Balaban J connectivity index is 2.26. The zero-order valence-corrected chi connectivity index (χ0v) is 10.5. The molecule has 20 heavy (non-hydrogen) atoms. The number of carbonyl (C=O) groups is 1. The molecule has 0 fully saturated rings. The number of benzene rings is 1. The number of carboxylic acid groups (broad SMARTS) is 1. The number of nitro groups is 1. The van der Waals surface area contributed by atoms with Crippen molar-refractivity contribution in [3.05, 3.63) is 57.8 Å². The third-order valence-corrected chi connectivity index (χ3v) is 2.64. The predicted octanol–water partition coefficient (Wildman–Crippen LogP) is 2.74. The van der Waals surface area contributed by atoms with Gasteiger partial charge in [0.2, 0.25) is 0 Å². The van der Waals surface area contributed by atoms with E-state index < -0.39 is 10.9 Å². The van der Waals surface area contributed by atoms with Gasteiger partial charge in [0.15, 0.2) is 0 Å². The first-order valence-corrected chi connectivity index (χ1v) is 5.70. The van der Waals surface area contributed by atoms with Crippen molar-refractivity contribution < 1.29 is 14.8 Å². The maximum atomic E-state index is 10.9. The molecule has 0 atom stereocenters. The molecule has 102 valence electrons. The van der Waals surface area contributed by atoms with Crippen molar-refractivity contribution in [2.45, 2.75) is 6.92 Å². The number of hydrogen-bond donors (Lipinski definition) is 2. The summed E-state index contributed by atoms with van der Waals surface area (Å²) in [5.74, 6) is -0.614. The Bertz CT molecular complexity index is 685. The lowest BCUT2D eigenvalue weighted by molar-refractivity contribution is -0.385. The lowest BCUT2D eigenvalue weighted by Gasteiger charge is -2.07. The second kappa shape index (κ2) is 5.35. The minimum Gasteiger partial charge on any atom is -0.478 e. The van der Waals surface area contributed by atoms with Crippen molar-refractivity contribution in [3.63, 3.8) is 0 Å². The molecule has 1 heterocycles. The number of carboxylic acids is 1. The molecule has 0 aliphatic carbocycles. The van der Waals surface area contributed by atoms with Crippen molar-refractivity contribution in [2.75, 3.05) is 5.32 Å². The van der Waals surface area contributed by atoms with Gasteiger partial charge in [-0.15, -0.1) is 0 Å². The van der Waals surface area contributed by atoms with Crippen LogP contribution >= 0.6 is 0 Å². The van der Waals surface area contributed by atoms with Crippen LogP contribution in [-0.4, -0.2) is 21.0 Å². The van der Waals surface area contributed by atoms with Crippen LogP contribution in [0.15, 0.2) is 36.4 Å². The average Bonchev–Trinajstić information content (AvgIpc) is 2.38. The van der Waals surface area contributed by atoms with Gasteiger partial charge in [0.05, 0.1) is 10.5 Å². The average molecular weight is 273 g/mol. The molecule has 1 aromatic carbocycles. The van der Waals surface area contributed by atoms with Crippen molar-refractivity contribution in [1.82, 2.24) is 4.98 Å². The summed E-state index contributed by atoms with van der Waals surface area (Å²) in [6.07, 6.45) is 0. The molecule has 0 saturated carbocycles. The fourth-order valence-electron chi connectivity index (χ4n) is 1.69. The molecule has 2 N–H and O–H groups in total. The number of nitrogens with one attached hydrogen (secondary N) is 1. The Labute approximate surface area is 114 Å². The summed E-state index contributed by atoms with van der Waals surface area (Å²) >= 11 is 0. The topological polar surface area (TPSA) is 105 Å². The van der Waals surface area contributed by atoms with Crippen LogP contribution in [0.1, 0.15) is 16.1 Å². The van der Waals surface area contributed by atoms with Crippen LogP contribution in [0, 0.1) is 17.0 Å². The third-order valence-electron chi connectivity index (χ3n) is 2.64. The van der Waals surface area contributed by atoms with Gasteiger partial charge in [0.25, 0.3) is 5.69 Å². The minimum absolute atomic E-state index is 0.0603. The van der Waals surface area contributed by atoms with Crippen LogP contribution in [0.3, 0.4) is 0 Å². The summed E-state index contributed by atoms with van der Waals surface area (Å²) in [7, 11) is 0. The summed E-state index contributed by atoms with van der Waals surface area (Å²) in [6, 6.07) is 9.04. The van der Waals surface area contributed by atoms with Gasteiger partial charge in [-0.05, 0) is 31.2 Å². The highest BCUT2D eigenvalue weighted by Crippen LogP contribution is 2.21. The van der Waals surface area contributed by atoms with Crippen LogP contribution in [0.5, 0.6) is 0 Å². The minimum atomic E-state index is -1.03. The van der Waals surface area contributed by atoms with Crippen LogP contribution in [0.2, 0.25) is 0 Å². The number of aryl methyl sites for hydroxylation is 1. The molecule has 2 rings (SSSR count). The largest absolute Gasteiger partial charge is 0.478 e. The molecule has 0 unspecified atom stereocenters. The van der Waals surface area contributed by atoms with Gasteiger partial charge < -0.3 is 10.4 Å². The number of aromatic nitrogens is 1. The SMILES string of the molecule is Cc1nc(Nc2cccc(C(=O)O)c2)ccc1[N+](=O)[O-]. The second-order valence-corrected chi connectivity index (χ2v) is 4.07. The molecule has 0 amide bonds. The smallest absolute Gasteiger partial charge is 0.335 e. The van der Waals surface area contributed by atoms with Gasteiger partial charge in [-0.1, -0.05) is 6.07 Å². The number of pyridine rings is 1. The Morgan fingerprint density at radius 2 is 2.10 bits per heavy atom. The summed E-state index contributed by atoms with van der Waals surface area (Å²) in [4.78, 5) is 25.1. The van der Waals surface area contributed by atoms with E-state index in [0.717, 1.165) is 0 Å². The van der Waals surface area contributed by atoms with E-state index in [-0.39, 0.29) is 16.9 Å². The number of rotatable bonds is 4. The van der Waals surface area contributed by atoms with E-state index in [9.17, 15) is 14.9 Å². The summed E-state index contributed by atoms with van der Waals surface area (Å²) < 4.78 is 0. The maximum absolute atomic E-state index is 10.9. The highest BCUT2D eigenvalue weighted by molar-refractivity contribution is 5.89. The fourth-order valence-corrected chi connectivity index (χ4v) is 1.69. The van der Waals surface area contributed by atoms with Crippen LogP contribution < -0.4 is 5.32 Å². The Morgan fingerprint density at radius 1 is 1.35 bits per heavy atom. The number of nitrogens with zero attached hydrogens (tertiary/aromatic N) is 2. The van der Waals surface area contributed by atoms with Crippen molar-refractivity contribution in [1.29, 1.82) is 0 Å². The van der Waals surface area contributed by atoms with Gasteiger partial charge in [-0.2, -0.15) is 0 Å². The molecule has 0 aliphatic heterocycles. The first kappa shape index (κ1) is 13.5. The molecule has 2 aromatic rings. The zero-order chi connectivity index (χ0) is 14.7. The van der Waals surface area contributed by atoms with E-state index in [2.05, 4.69) is 10.3 Å². The van der Waals surface area contributed by atoms with E-state index in [4.69, 9.17) is 5.11 Å². The Hall–Kier alpha value is -2.96. The van der Waals surface area contributed by atoms with Crippen LogP contribution in [0.25, 0.3) is 0 Å². The molecule has 0 saturated heterocycles. The highest BCUT2D eigenvalue weighted by Gasteiger charge is 2.12. The second-order valence-electron chi connectivity index (χ2n) is 4.07. The standard InChI is InChI=1S/C13H11N3O4/c1-8-11(16(19)20)5-6-12(14-8)15-10-4-2-3-9(7-10)13(17)18/h2-7H,1H3,(H,14,15)(H,17,18). The van der Waals surface area contributed by atoms with Gasteiger partial charge in [0.1, 0.15) is 11.5 Å². The monoisotopic (exact) mass is 273 g/mol. The summed E-state index contributed by atoms with van der Waals surface area (Å²) in [5, 5.41) is 22.5. The quantitative estimate of drug-likeness (QED) is 0.655. The lowest BCUT2D eigenvalue weighted by Crippen LogP contribution is -2.00. The van der Waals surface area contributed by atoms with Gasteiger partial charge in [-0.25, -0.2) is 9.78 Å². The molecule has 0 bridgehead atoms. The molecular formula is C13H11N3O4. The Kier molecular flexibility index (Phi) is 3.60. The Morgan fingerprint density at radius 3 is 2.70 bits per heavy atom. The van der Waals surface area contributed by atoms with Gasteiger partial charge in [0, 0.05) is 11.8 Å².